The van der Waals surface area contributed by atoms with Gasteiger partial charge in [0.15, 0.2) is 0 Å². The zero-order chi connectivity index (χ0) is 20.6. The molecule has 152 valence electrons. The van der Waals surface area contributed by atoms with E-state index in [9.17, 15) is 0 Å². The van der Waals surface area contributed by atoms with Crippen LogP contribution in [-0.4, -0.2) is 14.8 Å². The fourth-order valence-corrected chi connectivity index (χ4v) is 3.74. The molecule has 3 nitrogen and oxygen atoms in total. The number of aryl methyl sites for hydroxylation is 2. The normalized spacial score (nSPS) is 12.6. The summed E-state index contributed by atoms with van der Waals surface area (Å²) < 4.78 is 1.95. The Kier molecular flexibility index (Phi) is 7.40. The van der Waals surface area contributed by atoms with Crippen molar-refractivity contribution in [2.75, 3.05) is 0 Å². The second-order valence-electron chi connectivity index (χ2n) is 7.96. The fraction of sp³-hybridized carbons (Fsp3) is 0.385. The highest BCUT2D eigenvalue weighted by Crippen LogP contribution is 2.29. The molecule has 1 atom stereocenters. The van der Waals surface area contributed by atoms with E-state index in [4.69, 9.17) is 0 Å². The number of rotatable bonds is 9. The van der Waals surface area contributed by atoms with E-state index >= 15 is 0 Å². The van der Waals surface area contributed by atoms with E-state index in [-0.39, 0.29) is 0 Å². The van der Waals surface area contributed by atoms with Crippen LogP contribution < -0.4 is 0 Å². The molecule has 0 N–H and O–H groups in total. The van der Waals surface area contributed by atoms with Gasteiger partial charge >= 0.3 is 0 Å². The largest absolute Gasteiger partial charge is 0.269 e. The molecule has 3 aromatic rings. The van der Waals surface area contributed by atoms with Gasteiger partial charge in [-0.15, -0.1) is 0 Å². The number of unbranched alkanes of at least 4 members (excludes halogenated alkanes) is 2. The summed E-state index contributed by atoms with van der Waals surface area (Å²) in [4.78, 5) is 4.51. The van der Waals surface area contributed by atoms with Crippen LogP contribution in [0.1, 0.15) is 68.0 Å². The van der Waals surface area contributed by atoms with E-state index < -0.39 is 0 Å². The Bertz CT molecular complexity index is 935. The standard InChI is InChI=1S/C26H33N3/c1-5-6-7-9-20(2)23-11-13-24(14-12-23)26-15-17-27-22(4)25(26)10-8-18-29-19-16-21(3)28-29/h8,10-17,19-20H,5-7,9,18H2,1-4H3/b10-8+. The van der Waals surface area contributed by atoms with Gasteiger partial charge in [0.2, 0.25) is 0 Å². The van der Waals surface area contributed by atoms with E-state index in [1.807, 2.05) is 30.1 Å². The van der Waals surface area contributed by atoms with Gasteiger partial charge in [-0.1, -0.05) is 69.5 Å². The predicted octanol–water partition coefficient (Wildman–Crippen LogP) is 6.96. The predicted molar refractivity (Wildman–Crippen MR) is 123 cm³/mol. The molecule has 29 heavy (non-hydrogen) atoms. The highest BCUT2D eigenvalue weighted by molar-refractivity contribution is 5.76. The first kappa shape index (κ1) is 21.0. The van der Waals surface area contributed by atoms with Crippen LogP contribution in [0.15, 0.2) is 54.9 Å². The van der Waals surface area contributed by atoms with Gasteiger partial charge < -0.3 is 0 Å². The lowest BCUT2D eigenvalue weighted by molar-refractivity contribution is 0.598. The van der Waals surface area contributed by atoms with Crippen molar-refractivity contribution in [3.05, 3.63) is 77.4 Å². The van der Waals surface area contributed by atoms with Crippen LogP contribution >= 0.6 is 0 Å². The van der Waals surface area contributed by atoms with E-state index in [1.54, 1.807) is 0 Å². The molecule has 0 bridgehead atoms. The number of benzene rings is 1. The summed E-state index contributed by atoms with van der Waals surface area (Å²) in [6, 6.07) is 13.2. The van der Waals surface area contributed by atoms with E-state index in [0.29, 0.717) is 5.92 Å². The Morgan fingerprint density at radius 2 is 1.83 bits per heavy atom. The van der Waals surface area contributed by atoms with Crippen molar-refractivity contribution in [2.24, 2.45) is 0 Å². The van der Waals surface area contributed by atoms with Crippen LogP contribution in [-0.2, 0) is 6.54 Å². The Morgan fingerprint density at radius 3 is 2.52 bits per heavy atom. The first-order valence-corrected chi connectivity index (χ1v) is 10.8. The molecule has 1 unspecified atom stereocenters. The summed E-state index contributed by atoms with van der Waals surface area (Å²) in [5, 5.41) is 4.45. The minimum absolute atomic E-state index is 0.617. The second kappa shape index (κ2) is 10.2. The zero-order valence-electron chi connectivity index (χ0n) is 18.2. The minimum Gasteiger partial charge on any atom is -0.269 e. The van der Waals surface area contributed by atoms with Crippen LogP contribution in [0.25, 0.3) is 17.2 Å². The molecule has 0 fully saturated rings. The van der Waals surface area contributed by atoms with Gasteiger partial charge in [0.1, 0.15) is 0 Å². The SMILES string of the molecule is CCCCCC(C)c1ccc(-c2ccnc(C)c2/C=C/Cn2ccc(C)n2)cc1. The first-order valence-electron chi connectivity index (χ1n) is 10.8. The van der Waals surface area contributed by atoms with Crippen LogP contribution in [0.4, 0.5) is 0 Å². The molecule has 3 rings (SSSR count). The van der Waals surface area contributed by atoms with Gasteiger partial charge in [0.25, 0.3) is 0 Å². The lowest BCUT2D eigenvalue weighted by Crippen LogP contribution is -1.97. The number of allylic oxidation sites excluding steroid dienone is 1. The molecule has 1 aromatic carbocycles. The van der Waals surface area contributed by atoms with Crippen molar-refractivity contribution in [1.29, 1.82) is 0 Å². The maximum absolute atomic E-state index is 4.51. The van der Waals surface area contributed by atoms with Crippen molar-refractivity contribution >= 4 is 6.08 Å². The molecule has 0 spiro atoms. The van der Waals surface area contributed by atoms with Crippen molar-refractivity contribution in [3.8, 4) is 11.1 Å². The Balaban J connectivity index is 1.77. The molecular weight excluding hydrogens is 354 g/mol. The number of hydrogen-bond acceptors (Lipinski definition) is 2. The number of aromatic nitrogens is 3. The van der Waals surface area contributed by atoms with E-state index in [0.717, 1.165) is 17.9 Å². The summed E-state index contributed by atoms with van der Waals surface area (Å²) in [5.41, 5.74) is 7.18. The Hall–Kier alpha value is -2.68. The highest BCUT2D eigenvalue weighted by Gasteiger charge is 2.09. The lowest BCUT2D eigenvalue weighted by Gasteiger charge is -2.14. The van der Waals surface area contributed by atoms with Crippen molar-refractivity contribution in [2.45, 2.75) is 65.8 Å². The number of nitrogens with zero attached hydrogens (tertiary/aromatic N) is 3. The van der Waals surface area contributed by atoms with Crippen LogP contribution in [0.3, 0.4) is 0 Å². The quantitative estimate of drug-likeness (QED) is 0.372. The maximum Gasteiger partial charge on any atom is 0.0593 e. The van der Waals surface area contributed by atoms with Gasteiger partial charge in [-0.2, -0.15) is 5.10 Å². The second-order valence-corrected chi connectivity index (χ2v) is 7.96. The van der Waals surface area contributed by atoms with Crippen molar-refractivity contribution in [1.82, 2.24) is 14.8 Å². The number of hydrogen-bond donors (Lipinski definition) is 0. The third-order valence-corrected chi connectivity index (χ3v) is 5.57. The average Bonchev–Trinajstić information content (AvgIpc) is 3.14. The number of pyridine rings is 1. The van der Waals surface area contributed by atoms with Crippen molar-refractivity contribution in [3.63, 3.8) is 0 Å². The molecule has 0 amide bonds. The van der Waals surface area contributed by atoms with Gasteiger partial charge in [-0.05, 0) is 55.0 Å². The highest BCUT2D eigenvalue weighted by atomic mass is 15.3. The summed E-state index contributed by atoms with van der Waals surface area (Å²) in [5.74, 6) is 0.617. The summed E-state index contributed by atoms with van der Waals surface area (Å²) >= 11 is 0. The molecule has 0 aliphatic rings. The van der Waals surface area contributed by atoms with E-state index in [1.165, 1.54) is 47.9 Å². The molecule has 0 aliphatic heterocycles. The Labute approximate surface area is 175 Å². The molecule has 0 radical (unpaired) electrons. The third-order valence-electron chi connectivity index (χ3n) is 5.57. The van der Waals surface area contributed by atoms with Gasteiger partial charge in [-0.25, -0.2) is 0 Å². The minimum atomic E-state index is 0.617. The average molecular weight is 388 g/mol. The van der Waals surface area contributed by atoms with Crippen LogP contribution in [0.5, 0.6) is 0 Å². The van der Waals surface area contributed by atoms with E-state index in [2.05, 4.69) is 73.3 Å². The smallest absolute Gasteiger partial charge is 0.0593 e. The summed E-state index contributed by atoms with van der Waals surface area (Å²) in [6.07, 6.45) is 13.4. The monoisotopic (exact) mass is 387 g/mol. The van der Waals surface area contributed by atoms with Gasteiger partial charge in [-0.3, -0.25) is 9.67 Å². The summed E-state index contributed by atoms with van der Waals surface area (Å²) in [7, 11) is 0. The molecule has 3 heteroatoms. The summed E-state index contributed by atoms with van der Waals surface area (Å²) in [6.45, 7) is 9.45. The molecule has 0 saturated heterocycles. The first-order chi connectivity index (χ1) is 14.1. The fourth-order valence-electron chi connectivity index (χ4n) is 3.74. The molecular formula is C26H33N3. The molecule has 0 aliphatic carbocycles. The maximum atomic E-state index is 4.51. The van der Waals surface area contributed by atoms with Gasteiger partial charge in [0.05, 0.1) is 12.2 Å². The molecule has 2 aromatic heterocycles. The van der Waals surface area contributed by atoms with Gasteiger partial charge in [0, 0.05) is 23.7 Å². The Morgan fingerprint density at radius 1 is 1.03 bits per heavy atom. The molecule has 0 saturated carbocycles. The molecule has 2 heterocycles. The lowest BCUT2D eigenvalue weighted by atomic mass is 9.92. The zero-order valence-corrected chi connectivity index (χ0v) is 18.2. The van der Waals surface area contributed by atoms with Crippen LogP contribution in [0, 0.1) is 13.8 Å². The van der Waals surface area contributed by atoms with Crippen molar-refractivity contribution < 1.29 is 0 Å². The topological polar surface area (TPSA) is 30.7 Å². The van der Waals surface area contributed by atoms with Crippen LogP contribution in [0.2, 0.25) is 0 Å². The third kappa shape index (κ3) is 5.66.